The number of unbranched alkanes of at least 4 members (excludes halogenated alkanes) is 1. The molecule has 0 saturated carbocycles. The molecule has 0 radical (unpaired) electrons. The number of hydrogen-bond acceptors (Lipinski definition) is 2. The van der Waals surface area contributed by atoms with E-state index in [1.807, 2.05) is 37.4 Å². The maximum absolute atomic E-state index is 11.9. The van der Waals surface area contributed by atoms with Crippen LogP contribution in [0.25, 0.3) is 0 Å². The SMILES string of the molecule is C=CCCCN(C)C(=O)CCc1ccccc1N. The van der Waals surface area contributed by atoms with E-state index >= 15 is 0 Å². The molecule has 3 heteroatoms. The Morgan fingerprint density at radius 3 is 2.83 bits per heavy atom. The van der Waals surface area contributed by atoms with E-state index in [4.69, 9.17) is 5.73 Å². The Kier molecular flexibility index (Phi) is 5.98. The molecule has 0 aromatic heterocycles. The molecular formula is C15H22N2O. The smallest absolute Gasteiger partial charge is 0.222 e. The molecule has 0 heterocycles. The van der Waals surface area contributed by atoms with E-state index in [0.29, 0.717) is 12.8 Å². The van der Waals surface area contributed by atoms with Gasteiger partial charge in [-0.15, -0.1) is 6.58 Å². The molecule has 0 aliphatic rings. The number of rotatable bonds is 7. The van der Waals surface area contributed by atoms with Gasteiger partial charge in [0.25, 0.3) is 0 Å². The molecule has 0 spiro atoms. The number of nitrogens with two attached hydrogens (primary N) is 1. The topological polar surface area (TPSA) is 46.3 Å². The van der Waals surface area contributed by atoms with E-state index in [1.54, 1.807) is 4.90 Å². The van der Waals surface area contributed by atoms with Crippen LogP contribution in [0.2, 0.25) is 0 Å². The van der Waals surface area contributed by atoms with Crippen molar-refractivity contribution in [2.24, 2.45) is 0 Å². The number of hydrogen-bond donors (Lipinski definition) is 1. The third-order valence-electron chi connectivity index (χ3n) is 2.99. The summed E-state index contributed by atoms with van der Waals surface area (Å²) in [6.45, 7) is 4.46. The Morgan fingerprint density at radius 2 is 2.17 bits per heavy atom. The molecule has 0 atom stereocenters. The van der Waals surface area contributed by atoms with Crippen molar-refractivity contribution in [2.45, 2.75) is 25.7 Å². The van der Waals surface area contributed by atoms with Crippen LogP contribution < -0.4 is 5.73 Å². The molecule has 98 valence electrons. The normalized spacial score (nSPS) is 10.1. The zero-order valence-electron chi connectivity index (χ0n) is 11.1. The fourth-order valence-electron chi connectivity index (χ4n) is 1.79. The van der Waals surface area contributed by atoms with Gasteiger partial charge in [-0.1, -0.05) is 24.3 Å². The highest BCUT2D eigenvalue weighted by Gasteiger charge is 2.08. The lowest BCUT2D eigenvalue weighted by Crippen LogP contribution is -2.27. The molecule has 1 amide bonds. The molecule has 1 aromatic rings. The maximum Gasteiger partial charge on any atom is 0.222 e. The Balaban J connectivity index is 2.36. The summed E-state index contributed by atoms with van der Waals surface area (Å²) in [5.41, 5.74) is 7.66. The lowest BCUT2D eigenvalue weighted by molar-refractivity contribution is -0.129. The van der Waals surface area contributed by atoms with E-state index < -0.39 is 0 Å². The van der Waals surface area contributed by atoms with Crippen LogP contribution in [0.4, 0.5) is 5.69 Å². The molecule has 0 saturated heterocycles. The van der Waals surface area contributed by atoms with Gasteiger partial charge in [-0.05, 0) is 30.9 Å². The van der Waals surface area contributed by atoms with Gasteiger partial charge < -0.3 is 10.6 Å². The third-order valence-corrected chi connectivity index (χ3v) is 2.99. The first-order valence-electron chi connectivity index (χ1n) is 6.33. The van der Waals surface area contributed by atoms with E-state index in [1.165, 1.54) is 0 Å². The molecule has 3 nitrogen and oxygen atoms in total. The summed E-state index contributed by atoms with van der Waals surface area (Å²) >= 11 is 0. The van der Waals surface area contributed by atoms with Crippen LogP contribution in [0.1, 0.15) is 24.8 Å². The summed E-state index contributed by atoms with van der Waals surface area (Å²) < 4.78 is 0. The molecule has 0 bridgehead atoms. The van der Waals surface area contributed by atoms with Gasteiger partial charge in [0.15, 0.2) is 0 Å². The van der Waals surface area contributed by atoms with E-state index in [0.717, 1.165) is 30.6 Å². The van der Waals surface area contributed by atoms with Crippen LogP contribution in [-0.4, -0.2) is 24.4 Å². The molecule has 0 aliphatic carbocycles. The predicted molar refractivity (Wildman–Crippen MR) is 76.2 cm³/mol. The number of para-hydroxylation sites is 1. The van der Waals surface area contributed by atoms with Crippen molar-refractivity contribution >= 4 is 11.6 Å². The highest BCUT2D eigenvalue weighted by atomic mass is 16.2. The first-order chi connectivity index (χ1) is 8.65. The second-order valence-corrected chi connectivity index (χ2v) is 4.45. The number of aryl methyl sites for hydroxylation is 1. The van der Waals surface area contributed by atoms with Crippen LogP contribution in [0.3, 0.4) is 0 Å². The summed E-state index contributed by atoms with van der Waals surface area (Å²) in [6.07, 6.45) is 5.02. The molecule has 1 aromatic carbocycles. The average molecular weight is 246 g/mol. The summed E-state index contributed by atoms with van der Waals surface area (Å²) in [5.74, 6) is 0.169. The average Bonchev–Trinajstić information content (AvgIpc) is 2.37. The first-order valence-corrected chi connectivity index (χ1v) is 6.33. The van der Waals surface area contributed by atoms with Gasteiger partial charge in [-0.2, -0.15) is 0 Å². The molecule has 2 N–H and O–H groups in total. The number of allylic oxidation sites excluding steroid dienone is 1. The first kappa shape index (κ1) is 14.3. The molecule has 0 aliphatic heterocycles. The highest BCUT2D eigenvalue weighted by molar-refractivity contribution is 5.76. The Hall–Kier alpha value is -1.77. The quantitative estimate of drug-likeness (QED) is 0.456. The lowest BCUT2D eigenvalue weighted by atomic mass is 10.1. The number of amides is 1. The van der Waals surface area contributed by atoms with Gasteiger partial charge in [0.2, 0.25) is 5.91 Å². The number of nitrogens with zero attached hydrogens (tertiary/aromatic N) is 1. The van der Waals surface area contributed by atoms with Crippen molar-refractivity contribution in [3.8, 4) is 0 Å². The van der Waals surface area contributed by atoms with Crippen molar-refractivity contribution in [3.63, 3.8) is 0 Å². The number of nitrogen functional groups attached to an aromatic ring is 1. The minimum atomic E-state index is 0.169. The summed E-state index contributed by atoms with van der Waals surface area (Å²) in [7, 11) is 1.85. The molecule has 1 rings (SSSR count). The Labute approximate surface area is 109 Å². The highest BCUT2D eigenvalue weighted by Crippen LogP contribution is 2.13. The summed E-state index contributed by atoms with van der Waals surface area (Å²) in [6, 6.07) is 7.69. The number of carbonyl (C=O) groups is 1. The molecule has 0 fully saturated rings. The number of anilines is 1. The van der Waals surface area contributed by atoms with Gasteiger partial charge >= 0.3 is 0 Å². The van der Waals surface area contributed by atoms with Crippen LogP contribution in [-0.2, 0) is 11.2 Å². The van der Waals surface area contributed by atoms with Gasteiger partial charge in [-0.3, -0.25) is 4.79 Å². The second-order valence-electron chi connectivity index (χ2n) is 4.45. The van der Waals surface area contributed by atoms with Crippen LogP contribution >= 0.6 is 0 Å². The summed E-state index contributed by atoms with van der Waals surface area (Å²) in [4.78, 5) is 13.7. The zero-order chi connectivity index (χ0) is 13.4. The third kappa shape index (κ3) is 4.62. The van der Waals surface area contributed by atoms with E-state index in [9.17, 15) is 4.79 Å². The lowest BCUT2D eigenvalue weighted by Gasteiger charge is -2.16. The van der Waals surface area contributed by atoms with E-state index in [-0.39, 0.29) is 5.91 Å². The van der Waals surface area contributed by atoms with Gasteiger partial charge in [-0.25, -0.2) is 0 Å². The van der Waals surface area contributed by atoms with Gasteiger partial charge in [0.1, 0.15) is 0 Å². The van der Waals surface area contributed by atoms with Crippen LogP contribution in [0.5, 0.6) is 0 Å². The minimum Gasteiger partial charge on any atom is -0.399 e. The predicted octanol–water partition coefficient (Wildman–Crippen LogP) is 2.63. The largest absolute Gasteiger partial charge is 0.399 e. The minimum absolute atomic E-state index is 0.169. The summed E-state index contributed by atoms with van der Waals surface area (Å²) in [5, 5.41) is 0. The van der Waals surface area contributed by atoms with Crippen LogP contribution in [0, 0.1) is 0 Å². The number of carbonyl (C=O) groups excluding carboxylic acids is 1. The monoisotopic (exact) mass is 246 g/mol. The van der Waals surface area contributed by atoms with E-state index in [2.05, 4.69) is 6.58 Å². The Morgan fingerprint density at radius 1 is 1.44 bits per heavy atom. The Bertz CT molecular complexity index is 401. The van der Waals surface area contributed by atoms with Crippen molar-refractivity contribution < 1.29 is 4.79 Å². The van der Waals surface area contributed by atoms with Crippen molar-refractivity contribution in [3.05, 3.63) is 42.5 Å². The zero-order valence-corrected chi connectivity index (χ0v) is 11.1. The molecule has 0 unspecified atom stereocenters. The second kappa shape index (κ2) is 7.54. The number of benzene rings is 1. The molecular weight excluding hydrogens is 224 g/mol. The van der Waals surface area contributed by atoms with Crippen molar-refractivity contribution in [1.82, 2.24) is 4.90 Å². The van der Waals surface area contributed by atoms with Gasteiger partial charge in [0, 0.05) is 25.7 Å². The van der Waals surface area contributed by atoms with Gasteiger partial charge in [0.05, 0.1) is 0 Å². The van der Waals surface area contributed by atoms with Crippen LogP contribution in [0.15, 0.2) is 36.9 Å². The fourth-order valence-corrected chi connectivity index (χ4v) is 1.79. The molecule has 18 heavy (non-hydrogen) atoms. The van der Waals surface area contributed by atoms with Crippen molar-refractivity contribution in [2.75, 3.05) is 19.3 Å². The fraction of sp³-hybridized carbons (Fsp3) is 0.400. The standard InChI is InChI=1S/C15H22N2O/c1-3-4-7-12-17(2)15(18)11-10-13-8-5-6-9-14(13)16/h3,5-6,8-9H,1,4,7,10-12,16H2,2H3. The maximum atomic E-state index is 11.9. The van der Waals surface area contributed by atoms with Crippen molar-refractivity contribution in [1.29, 1.82) is 0 Å².